The van der Waals surface area contributed by atoms with E-state index in [1.165, 1.54) is 0 Å². The van der Waals surface area contributed by atoms with Crippen LogP contribution in [0.15, 0.2) is 0 Å². The number of rotatable bonds is 3. The van der Waals surface area contributed by atoms with E-state index in [9.17, 15) is 9.18 Å². The Bertz CT molecular complexity index is 119. The van der Waals surface area contributed by atoms with Gasteiger partial charge in [-0.05, 0) is 12.8 Å². The molecule has 1 fully saturated rings. The molecule has 0 aromatic heterocycles. The quantitative estimate of drug-likeness (QED) is 0.557. The smallest absolute Gasteiger partial charge is 0.151 e. The third-order valence-electron chi connectivity index (χ3n) is 1.87. The van der Waals surface area contributed by atoms with Gasteiger partial charge < -0.3 is 9.53 Å². The van der Waals surface area contributed by atoms with Crippen LogP contribution in [0, 0.1) is 0 Å². The van der Waals surface area contributed by atoms with Crippen molar-refractivity contribution in [1.29, 1.82) is 0 Å². The highest BCUT2D eigenvalue weighted by molar-refractivity contribution is 5.62. The lowest BCUT2D eigenvalue weighted by Gasteiger charge is -2.18. The van der Waals surface area contributed by atoms with Crippen molar-refractivity contribution in [3.63, 3.8) is 0 Å². The molecule has 0 saturated carbocycles. The molecule has 1 rings (SSSR count). The Morgan fingerprint density at radius 2 is 2.50 bits per heavy atom. The molecule has 0 spiro atoms. The van der Waals surface area contributed by atoms with Gasteiger partial charge in [0.05, 0.1) is 6.67 Å². The first kappa shape index (κ1) is 7.66. The summed E-state index contributed by atoms with van der Waals surface area (Å²) in [5.74, 6) is 0. The highest BCUT2D eigenvalue weighted by atomic mass is 19.1. The van der Waals surface area contributed by atoms with Gasteiger partial charge in [-0.2, -0.15) is 0 Å². The second-order valence-electron chi connectivity index (χ2n) is 2.57. The molecule has 0 aliphatic carbocycles. The minimum atomic E-state index is -0.769. The van der Waals surface area contributed by atoms with E-state index in [0.717, 1.165) is 12.7 Å². The second kappa shape index (κ2) is 3.10. The van der Waals surface area contributed by atoms with Crippen LogP contribution in [-0.4, -0.2) is 25.2 Å². The minimum Gasteiger partial charge on any atom is -0.367 e. The molecule has 1 atom stereocenters. The van der Waals surface area contributed by atoms with Gasteiger partial charge in [-0.25, -0.2) is 0 Å². The molecule has 1 heterocycles. The maximum absolute atomic E-state index is 11.8. The summed E-state index contributed by atoms with van der Waals surface area (Å²) in [6, 6.07) is 0. The van der Waals surface area contributed by atoms with Gasteiger partial charge in [-0.1, -0.05) is 0 Å². The Morgan fingerprint density at radius 3 is 2.90 bits per heavy atom. The van der Waals surface area contributed by atoms with Crippen LogP contribution < -0.4 is 0 Å². The topological polar surface area (TPSA) is 26.3 Å². The molecule has 0 aromatic carbocycles. The average Bonchev–Trinajstić information content (AvgIpc) is 2.39. The first-order chi connectivity index (χ1) is 4.83. The van der Waals surface area contributed by atoms with Crippen LogP contribution >= 0.6 is 0 Å². The molecule has 2 nitrogen and oxygen atoms in total. The summed E-state index contributed by atoms with van der Waals surface area (Å²) in [6.07, 6.45) is 2.51. The maximum Gasteiger partial charge on any atom is 0.151 e. The number of carbonyl (C=O) groups excluding carboxylic acids is 1. The van der Waals surface area contributed by atoms with Crippen LogP contribution in [0.2, 0.25) is 0 Å². The van der Waals surface area contributed by atoms with Crippen LogP contribution in [0.25, 0.3) is 0 Å². The van der Waals surface area contributed by atoms with Crippen molar-refractivity contribution in [1.82, 2.24) is 0 Å². The molecule has 1 aliphatic heterocycles. The van der Waals surface area contributed by atoms with Crippen molar-refractivity contribution < 1.29 is 13.9 Å². The van der Waals surface area contributed by atoms with Gasteiger partial charge in [-0.3, -0.25) is 4.39 Å². The lowest BCUT2D eigenvalue weighted by atomic mass is 9.99. The summed E-state index contributed by atoms with van der Waals surface area (Å²) >= 11 is 0. The maximum atomic E-state index is 11.8. The molecule has 0 amide bonds. The van der Waals surface area contributed by atoms with Crippen LogP contribution in [0.1, 0.15) is 19.3 Å². The zero-order valence-electron chi connectivity index (χ0n) is 5.81. The monoisotopic (exact) mass is 146 g/mol. The predicted octanol–water partition coefficient (Wildman–Crippen LogP) is 1.09. The Morgan fingerprint density at radius 1 is 1.70 bits per heavy atom. The summed E-state index contributed by atoms with van der Waals surface area (Å²) in [6.45, 7) is 0.123. The van der Waals surface area contributed by atoms with Gasteiger partial charge in [0.15, 0.2) is 6.29 Å². The SMILES string of the molecule is O=CC1(CCF)CCCO1. The molecule has 10 heavy (non-hydrogen) atoms. The van der Waals surface area contributed by atoms with Gasteiger partial charge in [-0.15, -0.1) is 0 Å². The van der Waals surface area contributed by atoms with E-state index in [0.29, 0.717) is 13.0 Å². The van der Waals surface area contributed by atoms with Gasteiger partial charge in [0.1, 0.15) is 5.60 Å². The second-order valence-corrected chi connectivity index (χ2v) is 2.57. The third kappa shape index (κ3) is 1.34. The molecule has 0 radical (unpaired) electrons. The summed E-state index contributed by atoms with van der Waals surface area (Å²) in [7, 11) is 0. The lowest BCUT2D eigenvalue weighted by molar-refractivity contribution is -0.126. The van der Waals surface area contributed by atoms with E-state index in [-0.39, 0.29) is 6.42 Å². The Labute approximate surface area is 59.4 Å². The fourth-order valence-electron chi connectivity index (χ4n) is 1.23. The normalized spacial score (nSPS) is 32.5. The van der Waals surface area contributed by atoms with Gasteiger partial charge >= 0.3 is 0 Å². The highest BCUT2D eigenvalue weighted by Crippen LogP contribution is 2.26. The average molecular weight is 146 g/mol. The predicted molar refractivity (Wildman–Crippen MR) is 34.6 cm³/mol. The van der Waals surface area contributed by atoms with E-state index >= 15 is 0 Å². The Balaban J connectivity index is 2.49. The van der Waals surface area contributed by atoms with E-state index in [1.807, 2.05) is 0 Å². The standard InChI is InChI=1S/C7H11FO2/c8-4-3-7(6-9)2-1-5-10-7/h6H,1-5H2. The van der Waals surface area contributed by atoms with Crippen molar-refractivity contribution in [3.05, 3.63) is 0 Å². The zero-order valence-corrected chi connectivity index (χ0v) is 5.81. The number of hydrogen-bond donors (Lipinski definition) is 0. The number of ether oxygens (including phenoxy) is 1. The third-order valence-corrected chi connectivity index (χ3v) is 1.87. The van der Waals surface area contributed by atoms with Crippen molar-refractivity contribution in [2.45, 2.75) is 24.9 Å². The molecule has 58 valence electrons. The molecule has 1 unspecified atom stereocenters. The van der Waals surface area contributed by atoms with E-state index in [1.54, 1.807) is 0 Å². The fourth-order valence-corrected chi connectivity index (χ4v) is 1.23. The lowest BCUT2D eigenvalue weighted by Crippen LogP contribution is -2.30. The van der Waals surface area contributed by atoms with Crippen LogP contribution in [0.4, 0.5) is 4.39 Å². The Hall–Kier alpha value is -0.440. The molecule has 0 N–H and O–H groups in total. The molecule has 3 heteroatoms. The first-order valence-corrected chi connectivity index (χ1v) is 3.49. The summed E-state index contributed by atoms with van der Waals surface area (Å²) in [5, 5.41) is 0. The van der Waals surface area contributed by atoms with Crippen molar-refractivity contribution in [2.75, 3.05) is 13.3 Å². The van der Waals surface area contributed by atoms with Crippen LogP contribution in [-0.2, 0) is 9.53 Å². The van der Waals surface area contributed by atoms with Crippen molar-refractivity contribution in [2.24, 2.45) is 0 Å². The number of hydrogen-bond acceptors (Lipinski definition) is 2. The van der Waals surface area contributed by atoms with Gasteiger partial charge in [0, 0.05) is 13.0 Å². The molecule has 1 aliphatic rings. The number of alkyl halides is 1. The highest BCUT2D eigenvalue weighted by Gasteiger charge is 2.34. The van der Waals surface area contributed by atoms with Gasteiger partial charge in [0.25, 0.3) is 0 Å². The van der Waals surface area contributed by atoms with E-state index in [2.05, 4.69) is 0 Å². The molecular formula is C7H11FO2. The van der Waals surface area contributed by atoms with Crippen LogP contribution in [0.5, 0.6) is 0 Å². The minimum absolute atomic E-state index is 0.219. The fraction of sp³-hybridized carbons (Fsp3) is 0.857. The molecule has 0 bridgehead atoms. The first-order valence-electron chi connectivity index (χ1n) is 3.49. The number of halogens is 1. The van der Waals surface area contributed by atoms with Crippen LogP contribution in [0.3, 0.4) is 0 Å². The van der Waals surface area contributed by atoms with Crippen molar-refractivity contribution in [3.8, 4) is 0 Å². The molecule has 0 aromatic rings. The van der Waals surface area contributed by atoms with E-state index in [4.69, 9.17) is 4.74 Å². The molecular weight excluding hydrogens is 135 g/mol. The number of aldehydes is 1. The summed E-state index contributed by atoms with van der Waals surface area (Å²) in [5.41, 5.74) is -0.769. The zero-order chi connectivity index (χ0) is 7.45. The summed E-state index contributed by atoms with van der Waals surface area (Å²) in [4.78, 5) is 10.4. The largest absolute Gasteiger partial charge is 0.367 e. The van der Waals surface area contributed by atoms with Crippen molar-refractivity contribution >= 4 is 6.29 Å². The number of carbonyl (C=O) groups is 1. The van der Waals surface area contributed by atoms with E-state index < -0.39 is 12.3 Å². The Kier molecular flexibility index (Phi) is 2.38. The molecule has 1 saturated heterocycles. The van der Waals surface area contributed by atoms with Gasteiger partial charge in [0.2, 0.25) is 0 Å². The summed E-state index contributed by atoms with van der Waals surface area (Å²) < 4.78 is 17.0.